The highest BCUT2D eigenvalue weighted by Crippen LogP contribution is 2.39. The van der Waals surface area contributed by atoms with E-state index in [2.05, 4.69) is 10.6 Å². The fourth-order valence-corrected chi connectivity index (χ4v) is 6.90. The number of aryl methyl sites for hydroxylation is 1. The number of carbonyl (C=O) groups excluding carboxylic acids is 1. The zero-order valence-electron chi connectivity index (χ0n) is 21.1. The maximum atomic E-state index is 13.7. The van der Waals surface area contributed by atoms with E-state index in [4.69, 9.17) is 4.99 Å². The Morgan fingerprint density at radius 1 is 1.00 bits per heavy atom. The van der Waals surface area contributed by atoms with Crippen molar-refractivity contribution in [3.63, 3.8) is 0 Å². The van der Waals surface area contributed by atoms with Crippen LogP contribution >= 0.6 is 11.8 Å². The molecule has 0 bridgehead atoms. The van der Waals surface area contributed by atoms with Gasteiger partial charge in [0.15, 0.2) is 5.17 Å². The number of nitrogens with zero attached hydrogens (tertiary/aromatic N) is 4. The topological polar surface area (TPSA) is 80.7 Å². The average molecular weight is 507 g/mol. The van der Waals surface area contributed by atoms with Gasteiger partial charge in [0.05, 0.1) is 15.9 Å². The van der Waals surface area contributed by atoms with Crippen molar-refractivity contribution in [2.24, 2.45) is 4.99 Å². The van der Waals surface area contributed by atoms with Crippen LogP contribution < -0.4 is 0 Å². The monoisotopic (exact) mass is 506 g/mol. The van der Waals surface area contributed by atoms with Gasteiger partial charge in [0.2, 0.25) is 0 Å². The van der Waals surface area contributed by atoms with Crippen molar-refractivity contribution in [3.8, 4) is 5.69 Å². The predicted octanol–water partition coefficient (Wildman–Crippen LogP) is 6.94. The minimum atomic E-state index is -0.386. The second kappa shape index (κ2) is 10.6. The average Bonchev–Trinajstić information content (AvgIpc) is 3.34. The van der Waals surface area contributed by atoms with Gasteiger partial charge >= 0.3 is 0 Å². The van der Waals surface area contributed by atoms with Crippen LogP contribution in [0.15, 0.2) is 40.2 Å². The molecule has 7 nitrogen and oxygen atoms in total. The van der Waals surface area contributed by atoms with Gasteiger partial charge in [0.1, 0.15) is 0 Å². The number of hydrogen-bond acceptors (Lipinski definition) is 5. The van der Waals surface area contributed by atoms with Gasteiger partial charge in [-0.05, 0) is 81.1 Å². The van der Waals surface area contributed by atoms with Crippen molar-refractivity contribution in [1.82, 2.24) is 9.47 Å². The SMILES string of the molecule is Cc1cc(C=C2SC(=NC3CCCCC3)N(C3CCCCC3)C2=O)c(C)n1-c1ccc([N+](=O)[O-])cc1. The number of amides is 1. The quantitative estimate of drug-likeness (QED) is 0.250. The number of non-ortho nitro benzene ring substituents is 1. The molecule has 1 amide bonds. The van der Waals surface area contributed by atoms with Crippen LogP contribution in [0.2, 0.25) is 0 Å². The van der Waals surface area contributed by atoms with E-state index in [1.165, 1.54) is 62.4 Å². The third kappa shape index (κ3) is 5.01. The van der Waals surface area contributed by atoms with Crippen LogP contribution in [-0.4, -0.2) is 37.5 Å². The highest BCUT2D eigenvalue weighted by Gasteiger charge is 2.39. The lowest BCUT2D eigenvalue weighted by molar-refractivity contribution is -0.384. The van der Waals surface area contributed by atoms with Crippen LogP contribution in [0.4, 0.5) is 5.69 Å². The Labute approximate surface area is 216 Å². The third-order valence-electron chi connectivity index (χ3n) is 7.72. The minimum absolute atomic E-state index is 0.0732. The molecule has 2 saturated carbocycles. The number of benzene rings is 1. The van der Waals surface area contributed by atoms with E-state index in [1.54, 1.807) is 12.1 Å². The molecule has 3 aliphatic rings. The normalized spacial score (nSPS) is 22.2. The molecule has 2 heterocycles. The number of nitro benzene ring substituents is 1. The van der Waals surface area contributed by atoms with E-state index in [0.29, 0.717) is 6.04 Å². The van der Waals surface area contributed by atoms with Gasteiger partial charge in [-0.15, -0.1) is 0 Å². The van der Waals surface area contributed by atoms with E-state index >= 15 is 0 Å². The Kier molecular flexibility index (Phi) is 7.32. The summed E-state index contributed by atoms with van der Waals surface area (Å²) in [5, 5.41) is 11.9. The summed E-state index contributed by atoms with van der Waals surface area (Å²) in [6, 6.07) is 9.25. The van der Waals surface area contributed by atoms with Gasteiger partial charge < -0.3 is 4.57 Å². The van der Waals surface area contributed by atoms with Crippen LogP contribution in [0.1, 0.15) is 81.2 Å². The van der Waals surface area contributed by atoms with Gasteiger partial charge in [0, 0.05) is 35.2 Å². The standard InChI is InChI=1S/C28H34N4O3S/c1-19-17-21(20(2)30(19)24-13-15-25(16-14-24)32(34)35)18-26-27(33)31(23-11-7-4-8-12-23)28(36-26)29-22-9-5-3-6-10-22/h13-18,22-23H,3-12H2,1-2H3. The number of hydrogen-bond donors (Lipinski definition) is 0. The second-order valence-corrected chi connectivity index (χ2v) is 11.2. The molecule has 0 unspecified atom stereocenters. The highest BCUT2D eigenvalue weighted by molar-refractivity contribution is 8.18. The first-order valence-electron chi connectivity index (χ1n) is 13.2. The van der Waals surface area contributed by atoms with E-state index < -0.39 is 0 Å². The first-order valence-corrected chi connectivity index (χ1v) is 14.0. The van der Waals surface area contributed by atoms with E-state index in [9.17, 15) is 14.9 Å². The van der Waals surface area contributed by atoms with Crippen molar-refractivity contribution in [3.05, 3.63) is 62.3 Å². The molecule has 0 radical (unpaired) electrons. The lowest BCUT2D eigenvalue weighted by Crippen LogP contribution is -2.41. The first kappa shape index (κ1) is 24.8. The van der Waals surface area contributed by atoms with Gasteiger partial charge in [-0.2, -0.15) is 0 Å². The fraction of sp³-hybridized carbons (Fsp3) is 0.500. The Balaban J connectivity index is 1.46. The van der Waals surface area contributed by atoms with Gasteiger partial charge in [-0.1, -0.05) is 38.5 Å². The van der Waals surface area contributed by atoms with Crippen LogP contribution in [0, 0.1) is 24.0 Å². The molecular weight excluding hydrogens is 472 g/mol. The Bertz CT molecular complexity index is 1200. The van der Waals surface area contributed by atoms with Gasteiger partial charge in [-0.25, -0.2) is 0 Å². The van der Waals surface area contributed by atoms with Gasteiger partial charge in [-0.3, -0.25) is 24.8 Å². The Hall–Kier alpha value is -2.87. The third-order valence-corrected chi connectivity index (χ3v) is 8.72. The first-order chi connectivity index (χ1) is 17.4. The largest absolute Gasteiger partial charge is 0.318 e. The molecule has 0 spiro atoms. The molecular formula is C28H34N4O3S. The second-order valence-electron chi connectivity index (χ2n) is 10.2. The molecule has 190 valence electrons. The molecule has 5 rings (SSSR count). The number of rotatable bonds is 5. The molecule has 0 atom stereocenters. The minimum Gasteiger partial charge on any atom is -0.318 e. The lowest BCUT2D eigenvalue weighted by atomic mass is 9.94. The molecule has 2 aliphatic carbocycles. The summed E-state index contributed by atoms with van der Waals surface area (Å²) in [5.74, 6) is 0.0848. The number of aliphatic imine (C=N–C) groups is 1. The highest BCUT2D eigenvalue weighted by atomic mass is 32.2. The molecule has 2 aromatic rings. The Morgan fingerprint density at radius 3 is 2.28 bits per heavy atom. The molecule has 8 heteroatoms. The number of amidine groups is 1. The maximum absolute atomic E-state index is 13.7. The van der Waals surface area contributed by atoms with Crippen LogP contribution in [0.5, 0.6) is 0 Å². The predicted molar refractivity (Wildman–Crippen MR) is 145 cm³/mol. The summed E-state index contributed by atoms with van der Waals surface area (Å²) in [7, 11) is 0. The summed E-state index contributed by atoms with van der Waals surface area (Å²) in [4.78, 5) is 32.3. The summed E-state index contributed by atoms with van der Waals surface area (Å²) in [6.45, 7) is 4.05. The molecule has 3 fully saturated rings. The van der Waals surface area contributed by atoms with E-state index in [-0.39, 0.29) is 22.6 Å². The molecule has 36 heavy (non-hydrogen) atoms. The van der Waals surface area contributed by atoms with Crippen LogP contribution in [-0.2, 0) is 4.79 Å². The van der Waals surface area contributed by atoms with Crippen molar-refractivity contribution < 1.29 is 9.72 Å². The smallest absolute Gasteiger partial charge is 0.269 e. The van der Waals surface area contributed by atoms with Crippen molar-refractivity contribution in [2.75, 3.05) is 0 Å². The van der Waals surface area contributed by atoms with Crippen molar-refractivity contribution in [1.29, 1.82) is 0 Å². The molecule has 0 N–H and O–H groups in total. The molecule has 1 aromatic carbocycles. The zero-order valence-corrected chi connectivity index (χ0v) is 21.9. The summed E-state index contributed by atoms with van der Waals surface area (Å²) >= 11 is 1.54. The van der Waals surface area contributed by atoms with E-state index in [0.717, 1.165) is 58.4 Å². The van der Waals surface area contributed by atoms with Gasteiger partial charge in [0.25, 0.3) is 11.6 Å². The molecule has 1 saturated heterocycles. The Morgan fingerprint density at radius 2 is 1.64 bits per heavy atom. The number of carbonyl (C=O) groups is 1. The lowest BCUT2D eigenvalue weighted by Gasteiger charge is -2.31. The van der Waals surface area contributed by atoms with Crippen LogP contribution in [0.25, 0.3) is 11.8 Å². The van der Waals surface area contributed by atoms with E-state index in [1.807, 2.05) is 24.8 Å². The summed E-state index contributed by atoms with van der Waals surface area (Å²) < 4.78 is 2.08. The van der Waals surface area contributed by atoms with Crippen LogP contribution in [0.3, 0.4) is 0 Å². The van der Waals surface area contributed by atoms with Crippen molar-refractivity contribution >= 4 is 34.6 Å². The maximum Gasteiger partial charge on any atom is 0.269 e. The summed E-state index contributed by atoms with van der Waals surface area (Å²) in [5.41, 5.74) is 3.95. The summed E-state index contributed by atoms with van der Waals surface area (Å²) in [6.07, 6.45) is 13.7. The molecule has 1 aromatic heterocycles. The van der Waals surface area contributed by atoms with Crippen molar-refractivity contribution in [2.45, 2.75) is 90.1 Å². The fourth-order valence-electron chi connectivity index (χ4n) is 5.80. The molecule has 1 aliphatic heterocycles. The zero-order chi connectivity index (χ0) is 25.2. The number of aromatic nitrogens is 1. The number of thioether (sulfide) groups is 1. The number of nitro groups is 1.